The molecular formula is C10H16FN. The van der Waals surface area contributed by atoms with Gasteiger partial charge in [0.25, 0.3) is 0 Å². The second-order valence-electron chi connectivity index (χ2n) is 2.98. The summed E-state index contributed by atoms with van der Waals surface area (Å²) in [6.07, 6.45) is 8.04. The second-order valence-corrected chi connectivity index (χ2v) is 2.98. The molecule has 0 saturated heterocycles. The molecule has 0 fully saturated rings. The third-order valence-electron chi connectivity index (χ3n) is 1.82. The highest BCUT2D eigenvalue weighted by molar-refractivity contribution is 5.04. The zero-order valence-corrected chi connectivity index (χ0v) is 7.76. The zero-order valence-electron chi connectivity index (χ0n) is 7.76. The molecule has 0 aliphatic carbocycles. The van der Waals surface area contributed by atoms with Crippen LogP contribution < -0.4 is 9.27 Å². The molecule has 0 amide bonds. The van der Waals surface area contributed by atoms with Crippen molar-refractivity contribution in [3.8, 4) is 0 Å². The van der Waals surface area contributed by atoms with E-state index in [4.69, 9.17) is 0 Å². The van der Waals surface area contributed by atoms with E-state index < -0.39 is 0 Å². The predicted molar refractivity (Wildman–Crippen MR) is 46.2 cm³/mol. The molecule has 0 aliphatic heterocycles. The SMILES string of the molecule is CCCCc1ccc[n+](C)c1.[F-]. The number of nitrogens with zero attached hydrogens (tertiary/aromatic N) is 1. The Hall–Kier alpha value is -0.920. The molecule has 0 aliphatic rings. The van der Waals surface area contributed by atoms with Gasteiger partial charge in [-0.3, -0.25) is 0 Å². The highest BCUT2D eigenvalue weighted by Gasteiger charge is 1.95. The molecule has 0 N–H and O–H groups in total. The Morgan fingerprint density at radius 3 is 2.75 bits per heavy atom. The maximum atomic E-state index is 2.23. The molecular weight excluding hydrogens is 153 g/mol. The molecule has 0 bridgehead atoms. The topological polar surface area (TPSA) is 3.88 Å². The first-order chi connectivity index (χ1) is 5.33. The summed E-state index contributed by atoms with van der Waals surface area (Å²) in [7, 11) is 2.06. The Kier molecular flexibility index (Phi) is 5.26. The summed E-state index contributed by atoms with van der Waals surface area (Å²) in [6.45, 7) is 2.23. The maximum Gasteiger partial charge on any atom is 0.171 e. The Morgan fingerprint density at radius 2 is 2.17 bits per heavy atom. The van der Waals surface area contributed by atoms with Crippen molar-refractivity contribution in [2.75, 3.05) is 0 Å². The normalized spacial score (nSPS) is 9.17. The van der Waals surface area contributed by atoms with Gasteiger partial charge in [0, 0.05) is 11.6 Å². The molecule has 12 heavy (non-hydrogen) atoms. The molecule has 1 nitrogen and oxygen atoms in total. The number of rotatable bonds is 3. The lowest BCUT2D eigenvalue weighted by molar-refractivity contribution is -0.671. The van der Waals surface area contributed by atoms with Gasteiger partial charge in [0.05, 0.1) is 0 Å². The molecule has 0 aromatic carbocycles. The van der Waals surface area contributed by atoms with E-state index >= 15 is 0 Å². The van der Waals surface area contributed by atoms with Gasteiger partial charge in [0.15, 0.2) is 12.4 Å². The van der Waals surface area contributed by atoms with Crippen LogP contribution in [0.5, 0.6) is 0 Å². The molecule has 0 spiro atoms. The summed E-state index contributed by atoms with van der Waals surface area (Å²) in [5.74, 6) is 0. The van der Waals surface area contributed by atoms with Crippen molar-refractivity contribution in [1.29, 1.82) is 0 Å². The van der Waals surface area contributed by atoms with Gasteiger partial charge >= 0.3 is 0 Å². The van der Waals surface area contributed by atoms with E-state index in [1.165, 1.54) is 24.8 Å². The van der Waals surface area contributed by atoms with Crippen LogP contribution in [0.3, 0.4) is 0 Å². The van der Waals surface area contributed by atoms with E-state index in [2.05, 4.69) is 43.1 Å². The van der Waals surface area contributed by atoms with Gasteiger partial charge in [0.2, 0.25) is 0 Å². The molecule has 1 rings (SSSR count). The van der Waals surface area contributed by atoms with Gasteiger partial charge in [-0.2, -0.15) is 0 Å². The van der Waals surface area contributed by atoms with Gasteiger partial charge in [0.1, 0.15) is 7.05 Å². The van der Waals surface area contributed by atoms with Crippen LogP contribution in [0.2, 0.25) is 0 Å². The molecule has 68 valence electrons. The van der Waals surface area contributed by atoms with Crippen molar-refractivity contribution in [2.24, 2.45) is 7.05 Å². The van der Waals surface area contributed by atoms with Crippen LogP contribution in [0.1, 0.15) is 25.3 Å². The second kappa shape index (κ2) is 5.70. The number of unbranched alkanes of at least 4 members (excludes halogenated alkanes) is 1. The Balaban J connectivity index is 0.00000121. The van der Waals surface area contributed by atoms with Gasteiger partial charge < -0.3 is 4.70 Å². The third kappa shape index (κ3) is 3.46. The van der Waals surface area contributed by atoms with Crippen LogP contribution in [0.25, 0.3) is 0 Å². The minimum atomic E-state index is 0. The minimum Gasteiger partial charge on any atom is -1.00 e. The standard InChI is InChI=1S/C10H16N.FH/c1-3-4-6-10-7-5-8-11(2)9-10;/h5,7-9H,3-4,6H2,1-2H3;1H/q+1;/p-1. The van der Waals surface area contributed by atoms with Crippen molar-refractivity contribution >= 4 is 0 Å². The quantitative estimate of drug-likeness (QED) is 0.504. The molecule has 2 heteroatoms. The van der Waals surface area contributed by atoms with Crippen molar-refractivity contribution < 1.29 is 9.27 Å². The van der Waals surface area contributed by atoms with Gasteiger partial charge in [-0.05, 0) is 18.9 Å². The number of hydrogen-bond acceptors (Lipinski definition) is 0. The molecule has 0 saturated carbocycles. The summed E-state index contributed by atoms with van der Waals surface area (Å²) in [6, 6.07) is 4.29. The molecule has 0 unspecified atom stereocenters. The van der Waals surface area contributed by atoms with Crippen LogP contribution in [0.15, 0.2) is 24.5 Å². The fourth-order valence-electron chi connectivity index (χ4n) is 1.18. The molecule has 1 heterocycles. The van der Waals surface area contributed by atoms with Crippen molar-refractivity contribution in [2.45, 2.75) is 26.2 Å². The summed E-state index contributed by atoms with van der Waals surface area (Å²) in [5.41, 5.74) is 1.44. The summed E-state index contributed by atoms with van der Waals surface area (Å²) in [5, 5.41) is 0. The molecule has 1 aromatic rings. The summed E-state index contributed by atoms with van der Waals surface area (Å²) < 4.78 is 2.10. The molecule has 1 aromatic heterocycles. The highest BCUT2D eigenvalue weighted by atomic mass is 19.0. The Morgan fingerprint density at radius 1 is 1.42 bits per heavy atom. The van der Waals surface area contributed by atoms with Crippen LogP contribution in [0.4, 0.5) is 0 Å². The first kappa shape index (κ1) is 11.1. The first-order valence-electron chi connectivity index (χ1n) is 4.27. The summed E-state index contributed by atoms with van der Waals surface area (Å²) >= 11 is 0. The van der Waals surface area contributed by atoms with Crippen molar-refractivity contribution in [3.05, 3.63) is 30.1 Å². The van der Waals surface area contributed by atoms with E-state index in [-0.39, 0.29) is 4.70 Å². The lowest BCUT2D eigenvalue weighted by Crippen LogP contribution is -3.00. The Labute approximate surface area is 73.4 Å². The van der Waals surface area contributed by atoms with E-state index in [0.29, 0.717) is 0 Å². The molecule has 0 atom stereocenters. The molecule has 0 radical (unpaired) electrons. The Bertz CT molecular complexity index is 223. The fourth-order valence-corrected chi connectivity index (χ4v) is 1.18. The van der Waals surface area contributed by atoms with E-state index in [1.807, 2.05) is 0 Å². The van der Waals surface area contributed by atoms with Crippen molar-refractivity contribution in [3.63, 3.8) is 0 Å². The number of halogens is 1. The van der Waals surface area contributed by atoms with Gasteiger partial charge in [-0.1, -0.05) is 13.3 Å². The third-order valence-corrected chi connectivity index (χ3v) is 1.82. The smallest absolute Gasteiger partial charge is 0.171 e. The monoisotopic (exact) mass is 169 g/mol. The number of pyridine rings is 1. The fraction of sp³-hybridized carbons (Fsp3) is 0.500. The van der Waals surface area contributed by atoms with Crippen LogP contribution in [-0.2, 0) is 13.5 Å². The van der Waals surface area contributed by atoms with Crippen LogP contribution in [0, 0.1) is 0 Å². The largest absolute Gasteiger partial charge is 1.00 e. The van der Waals surface area contributed by atoms with E-state index in [1.54, 1.807) is 0 Å². The zero-order chi connectivity index (χ0) is 8.10. The summed E-state index contributed by atoms with van der Waals surface area (Å²) in [4.78, 5) is 0. The minimum absolute atomic E-state index is 0. The van der Waals surface area contributed by atoms with Crippen molar-refractivity contribution in [1.82, 2.24) is 0 Å². The predicted octanol–water partition coefficient (Wildman–Crippen LogP) is -1.14. The van der Waals surface area contributed by atoms with Gasteiger partial charge in [-0.25, -0.2) is 4.57 Å². The first-order valence-corrected chi connectivity index (χ1v) is 4.27. The van der Waals surface area contributed by atoms with E-state index in [9.17, 15) is 0 Å². The van der Waals surface area contributed by atoms with E-state index in [0.717, 1.165) is 0 Å². The van der Waals surface area contributed by atoms with Crippen LogP contribution >= 0.6 is 0 Å². The lowest BCUT2D eigenvalue weighted by atomic mass is 10.1. The number of hydrogen-bond donors (Lipinski definition) is 0. The highest BCUT2D eigenvalue weighted by Crippen LogP contribution is 2.00. The lowest BCUT2D eigenvalue weighted by Gasteiger charge is -1.95. The number of aromatic nitrogens is 1. The average Bonchev–Trinajstić information content (AvgIpc) is 2.01. The van der Waals surface area contributed by atoms with Crippen LogP contribution in [-0.4, -0.2) is 0 Å². The van der Waals surface area contributed by atoms with Gasteiger partial charge in [-0.15, -0.1) is 0 Å². The average molecular weight is 169 g/mol. The maximum absolute atomic E-state index is 2.23. The number of aryl methyl sites for hydroxylation is 2.